The van der Waals surface area contributed by atoms with Crippen molar-refractivity contribution in [3.63, 3.8) is 0 Å². The Morgan fingerprint density at radius 2 is 2.05 bits per heavy atom. The summed E-state index contributed by atoms with van der Waals surface area (Å²) in [6.45, 7) is 3.86. The van der Waals surface area contributed by atoms with Crippen molar-refractivity contribution in [3.8, 4) is 0 Å². The van der Waals surface area contributed by atoms with E-state index in [4.69, 9.17) is 11.6 Å². The number of hydrogen-bond donors (Lipinski definition) is 0. The third-order valence-corrected chi connectivity index (χ3v) is 3.19. The van der Waals surface area contributed by atoms with Gasteiger partial charge in [0.15, 0.2) is 5.78 Å². The smallest absolute Gasteiger partial charge is 0.163 e. The minimum atomic E-state index is 0.0971. The summed E-state index contributed by atoms with van der Waals surface area (Å²) in [5.41, 5.74) is 3.68. The summed E-state index contributed by atoms with van der Waals surface area (Å²) in [5.74, 6) is 0.0971. The number of halogens is 1. The molecule has 0 aliphatic carbocycles. The molecule has 19 heavy (non-hydrogen) atoms. The highest BCUT2D eigenvalue weighted by molar-refractivity contribution is 6.30. The van der Waals surface area contributed by atoms with Crippen LogP contribution < -0.4 is 0 Å². The van der Waals surface area contributed by atoms with Crippen molar-refractivity contribution in [2.75, 3.05) is 0 Å². The summed E-state index contributed by atoms with van der Waals surface area (Å²) in [6.07, 6.45) is 3.98. The molecule has 2 aromatic rings. The molecule has 0 N–H and O–H groups in total. The van der Waals surface area contributed by atoms with Gasteiger partial charge in [0.25, 0.3) is 0 Å². The largest absolute Gasteiger partial charge is 0.294 e. The Morgan fingerprint density at radius 3 is 2.74 bits per heavy atom. The number of pyridine rings is 1. The molecule has 1 aromatic carbocycles. The molecule has 0 atom stereocenters. The molecular formula is C16H15ClNO. The maximum absolute atomic E-state index is 12.1. The van der Waals surface area contributed by atoms with Crippen LogP contribution in [0.5, 0.6) is 0 Å². The summed E-state index contributed by atoms with van der Waals surface area (Å²) < 4.78 is 0. The van der Waals surface area contributed by atoms with Gasteiger partial charge in [0.05, 0.1) is 0 Å². The van der Waals surface area contributed by atoms with E-state index in [2.05, 4.69) is 4.98 Å². The second-order valence-electron chi connectivity index (χ2n) is 4.52. The minimum Gasteiger partial charge on any atom is -0.294 e. The molecule has 0 saturated heterocycles. The molecule has 0 aliphatic heterocycles. The van der Waals surface area contributed by atoms with Crippen molar-refractivity contribution >= 4 is 17.4 Å². The zero-order valence-corrected chi connectivity index (χ0v) is 11.7. The van der Waals surface area contributed by atoms with E-state index in [0.717, 1.165) is 16.8 Å². The number of carbonyl (C=O) groups is 1. The van der Waals surface area contributed by atoms with Crippen LogP contribution in [0.4, 0.5) is 0 Å². The molecule has 1 heterocycles. The van der Waals surface area contributed by atoms with Gasteiger partial charge in [-0.1, -0.05) is 17.7 Å². The van der Waals surface area contributed by atoms with Gasteiger partial charge in [0.1, 0.15) is 0 Å². The van der Waals surface area contributed by atoms with Crippen LogP contribution in [0.15, 0.2) is 36.5 Å². The molecule has 1 aromatic heterocycles. The molecule has 2 nitrogen and oxygen atoms in total. The Labute approximate surface area is 118 Å². The topological polar surface area (TPSA) is 30.0 Å². The summed E-state index contributed by atoms with van der Waals surface area (Å²) in [4.78, 5) is 16.2. The zero-order chi connectivity index (χ0) is 13.8. The van der Waals surface area contributed by atoms with Gasteiger partial charge in [0.2, 0.25) is 0 Å². The number of rotatable bonds is 4. The molecule has 0 unspecified atom stereocenters. The van der Waals surface area contributed by atoms with Gasteiger partial charge in [-0.2, -0.15) is 0 Å². The fraction of sp³-hybridized carbons (Fsp3) is 0.188. The lowest BCUT2D eigenvalue weighted by atomic mass is 10.00. The van der Waals surface area contributed by atoms with Gasteiger partial charge in [-0.05, 0) is 55.7 Å². The van der Waals surface area contributed by atoms with Gasteiger partial charge < -0.3 is 0 Å². The number of carbonyl (C=O) groups excluding carboxylic acids is 1. The first-order valence-electron chi connectivity index (χ1n) is 6.11. The molecule has 3 heteroatoms. The van der Waals surface area contributed by atoms with Crippen LogP contribution in [0.1, 0.15) is 33.6 Å². The molecule has 2 rings (SSSR count). The maximum atomic E-state index is 12.1. The van der Waals surface area contributed by atoms with E-state index >= 15 is 0 Å². The van der Waals surface area contributed by atoms with Crippen LogP contribution in [0.2, 0.25) is 5.02 Å². The number of aryl methyl sites for hydroxylation is 2. The standard InChI is InChI=1S/C16H15ClNO/c1-11-9-15(17)5-3-13(11)4-6-16(19)14-7-8-18-12(2)10-14/h3-5,7-10H,6H2,1-2H3. The van der Waals surface area contributed by atoms with Crippen molar-refractivity contribution in [2.24, 2.45) is 0 Å². The predicted octanol–water partition coefficient (Wildman–Crippen LogP) is 4.18. The SMILES string of the molecule is Cc1cc(C(=O)C[CH]c2ccc(Cl)cc2C)ccn1. The fourth-order valence-corrected chi connectivity index (χ4v) is 2.13. The summed E-state index contributed by atoms with van der Waals surface area (Å²) in [6, 6.07) is 9.22. The van der Waals surface area contributed by atoms with Gasteiger partial charge in [0, 0.05) is 28.9 Å². The number of aromatic nitrogens is 1. The Hall–Kier alpha value is -1.67. The number of nitrogens with zero attached hydrogens (tertiary/aromatic N) is 1. The number of benzene rings is 1. The first-order chi connectivity index (χ1) is 9.06. The van der Waals surface area contributed by atoms with Crippen molar-refractivity contribution in [1.29, 1.82) is 0 Å². The third-order valence-electron chi connectivity index (χ3n) is 2.96. The van der Waals surface area contributed by atoms with E-state index in [0.29, 0.717) is 17.0 Å². The van der Waals surface area contributed by atoms with Gasteiger partial charge >= 0.3 is 0 Å². The highest BCUT2D eigenvalue weighted by Crippen LogP contribution is 2.18. The molecular weight excluding hydrogens is 258 g/mol. The molecule has 0 fully saturated rings. The van der Waals surface area contributed by atoms with Crippen LogP contribution in [-0.4, -0.2) is 10.8 Å². The average Bonchev–Trinajstić information content (AvgIpc) is 2.37. The Kier molecular flexibility index (Phi) is 4.33. The fourth-order valence-electron chi connectivity index (χ4n) is 1.91. The molecule has 0 amide bonds. The first-order valence-corrected chi connectivity index (χ1v) is 6.49. The van der Waals surface area contributed by atoms with E-state index < -0.39 is 0 Å². The van der Waals surface area contributed by atoms with Crippen molar-refractivity contribution in [2.45, 2.75) is 20.3 Å². The lowest BCUT2D eigenvalue weighted by Crippen LogP contribution is -2.01. The Bertz CT molecular complexity index is 607. The molecule has 0 aliphatic rings. The molecule has 1 radical (unpaired) electrons. The molecule has 0 spiro atoms. The van der Waals surface area contributed by atoms with Crippen LogP contribution in [0.3, 0.4) is 0 Å². The first kappa shape index (κ1) is 13.8. The second kappa shape index (κ2) is 5.98. The molecule has 0 saturated carbocycles. The Balaban J connectivity index is 2.04. The van der Waals surface area contributed by atoms with E-state index in [1.807, 2.05) is 44.5 Å². The van der Waals surface area contributed by atoms with E-state index in [1.165, 1.54) is 0 Å². The summed E-state index contributed by atoms with van der Waals surface area (Å²) in [5, 5.41) is 0.714. The van der Waals surface area contributed by atoms with Crippen molar-refractivity contribution in [3.05, 3.63) is 70.4 Å². The highest BCUT2D eigenvalue weighted by atomic mass is 35.5. The predicted molar refractivity (Wildman–Crippen MR) is 77.5 cm³/mol. The van der Waals surface area contributed by atoms with Crippen molar-refractivity contribution < 1.29 is 4.79 Å². The third kappa shape index (κ3) is 3.65. The normalized spacial score (nSPS) is 10.5. The summed E-state index contributed by atoms with van der Waals surface area (Å²) in [7, 11) is 0. The van der Waals surface area contributed by atoms with Crippen molar-refractivity contribution in [1.82, 2.24) is 4.98 Å². The number of ketones is 1. The zero-order valence-electron chi connectivity index (χ0n) is 11.0. The second-order valence-corrected chi connectivity index (χ2v) is 4.95. The summed E-state index contributed by atoms with van der Waals surface area (Å²) >= 11 is 5.91. The van der Waals surface area contributed by atoms with Gasteiger partial charge in [-0.25, -0.2) is 0 Å². The lowest BCUT2D eigenvalue weighted by molar-refractivity contribution is 0.0992. The van der Waals surface area contributed by atoms with Crippen LogP contribution in [-0.2, 0) is 0 Å². The quantitative estimate of drug-likeness (QED) is 0.782. The molecule has 0 bridgehead atoms. The molecule has 97 valence electrons. The van der Waals surface area contributed by atoms with E-state index in [-0.39, 0.29) is 5.78 Å². The minimum absolute atomic E-state index is 0.0971. The maximum Gasteiger partial charge on any atom is 0.163 e. The van der Waals surface area contributed by atoms with Crippen LogP contribution in [0.25, 0.3) is 0 Å². The van der Waals surface area contributed by atoms with E-state index in [1.54, 1.807) is 12.3 Å². The van der Waals surface area contributed by atoms with Crippen LogP contribution >= 0.6 is 11.6 Å². The number of hydrogen-bond acceptors (Lipinski definition) is 2. The monoisotopic (exact) mass is 272 g/mol. The Morgan fingerprint density at radius 1 is 1.26 bits per heavy atom. The van der Waals surface area contributed by atoms with E-state index in [9.17, 15) is 4.79 Å². The highest BCUT2D eigenvalue weighted by Gasteiger charge is 2.08. The van der Waals surface area contributed by atoms with Gasteiger partial charge in [-0.3, -0.25) is 9.78 Å². The van der Waals surface area contributed by atoms with Gasteiger partial charge in [-0.15, -0.1) is 0 Å². The lowest BCUT2D eigenvalue weighted by Gasteiger charge is -2.06. The average molecular weight is 273 g/mol. The van der Waals surface area contributed by atoms with Crippen LogP contribution in [0, 0.1) is 20.3 Å². The number of Topliss-reactive ketones (excluding diaryl/α,β-unsaturated/α-hetero) is 1.